The van der Waals surface area contributed by atoms with E-state index in [0.717, 1.165) is 12.2 Å². The molecule has 0 radical (unpaired) electrons. The number of carbonyl (C=O) groups is 1. The van der Waals surface area contributed by atoms with E-state index < -0.39 is 5.60 Å². The molecule has 2 aliphatic rings. The minimum Gasteiger partial charge on any atom is -0.487 e. The van der Waals surface area contributed by atoms with Crippen molar-refractivity contribution in [2.45, 2.75) is 45.3 Å². The lowest BCUT2D eigenvalue weighted by molar-refractivity contribution is -0.0221. The Morgan fingerprint density at radius 3 is 2.45 bits per heavy atom. The number of rotatable bonds is 2. The zero-order chi connectivity index (χ0) is 14.3. The number of carbonyl (C=O) groups excluding carboxylic acids is 1. The number of aryl methyl sites for hydroxylation is 2. The van der Waals surface area contributed by atoms with E-state index in [1.54, 1.807) is 4.90 Å². The molecule has 0 saturated carbocycles. The van der Waals surface area contributed by atoms with Gasteiger partial charge in [0.1, 0.15) is 17.5 Å². The van der Waals surface area contributed by atoms with E-state index in [9.17, 15) is 4.79 Å². The Hall–Kier alpha value is -1.71. The summed E-state index contributed by atoms with van der Waals surface area (Å²) in [6.07, 6.45) is 2.17. The van der Waals surface area contributed by atoms with Crippen molar-refractivity contribution in [2.24, 2.45) is 0 Å². The standard InChI is InChI=1S/C16H21NO3/c1-16(2,3)20-15(18)17-9-14(10-17)19-13-7-6-11-4-5-12(11)8-13/h6-8,14H,4-5,9-10H2,1-3H3. The first-order chi connectivity index (χ1) is 9.40. The van der Waals surface area contributed by atoms with Crippen molar-refractivity contribution < 1.29 is 14.3 Å². The number of ether oxygens (including phenoxy) is 2. The van der Waals surface area contributed by atoms with E-state index in [-0.39, 0.29) is 12.2 Å². The van der Waals surface area contributed by atoms with Crippen molar-refractivity contribution in [1.29, 1.82) is 0 Å². The number of amides is 1. The van der Waals surface area contributed by atoms with Gasteiger partial charge >= 0.3 is 6.09 Å². The first kappa shape index (κ1) is 13.3. The highest BCUT2D eigenvalue weighted by Gasteiger charge is 2.35. The molecule has 108 valence electrons. The topological polar surface area (TPSA) is 38.8 Å². The fourth-order valence-corrected chi connectivity index (χ4v) is 2.43. The molecule has 1 heterocycles. The molecule has 1 fully saturated rings. The van der Waals surface area contributed by atoms with Gasteiger partial charge < -0.3 is 14.4 Å². The van der Waals surface area contributed by atoms with Crippen LogP contribution in [0.2, 0.25) is 0 Å². The second-order valence-electron chi connectivity index (χ2n) is 6.56. The van der Waals surface area contributed by atoms with Crippen LogP contribution in [0.15, 0.2) is 18.2 Å². The summed E-state index contributed by atoms with van der Waals surface area (Å²) in [5.41, 5.74) is 2.39. The van der Waals surface area contributed by atoms with Crippen LogP contribution in [-0.4, -0.2) is 35.8 Å². The average molecular weight is 275 g/mol. The summed E-state index contributed by atoms with van der Waals surface area (Å²) in [5.74, 6) is 0.914. The molecule has 1 aliphatic heterocycles. The summed E-state index contributed by atoms with van der Waals surface area (Å²) in [6, 6.07) is 6.28. The predicted molar refractivity (Wildman–Crippen MR) is 76.1 cm³/mol. The highest BCUT2D eigenvalue weighted by molar-refractivity contribution is 5.69. The largest absolute Gasteiger partial charge is 0.487 e. The van der Waals surface area contributed by atoms with Crippen LogP contribution in [-0.2, 0) is 17.6 Å². The minimum atomic E-state index is -0.440. The van der Waals surface area contributed by atoms with Gasteiger partial charge in [-0.15, -0.1) is 0 Å². The van der Waals surface area contributed by atoms with Gasteiger partial charge in [-0.2, -0.15) is 0 Å². The van der Waals surface area contributed by atoms with E-state index in [0.29, 0.717) is 13.1 Å². The van der Waals surface area contributed by atoms with E-state index in [4.69, 9.17) is 9.47 Å². The molecular formula is C16H21NO3. The van der Waals surface area contributed by atoms with Gasteiger partial charge in [0.15, 0.2) is 0 Å². The van der Waals surface area contributed by atoms with Gasteiger partial charge in [-0.05, 0) is 56.9 Å². The van der Waals surface area contributed by atoms with Crippen molar-refractivity contribution in [1.82, 2.24) is 4.90 Å². The summed E-state index contributed by atoms with van der Waals surface area (Å²) in [4.78, 5) is 13.5. The van der Waals surface area contributed by atoms with Crippen molar-refractivity contribution in [3.8, 4) is 5.75 Å². The maximum absolute atomic E-state index is 11.8. The normalized spacial score (nSPS) is 17.9. The molecule has 4 nitrogen and oxygen atoms in total. The number of likely N-dealkylation sites (tertiary alicyclic amines) is 1. The van der Waals surface area contributed by atoms with Crippen LogP contribution in [0.4, 0.5) is 4.79 Å². The maximum atomic E-state index is 11.8. The second kappa shape index (κ2) is 4.69. The molecule has 1 aromatic rings. The number of nitrogens with zero attached hydrogens (tertiary/aromatic N) is 1. The SMILES string of the molecule is CC(C)(C)OC(=O)N1CC(Oc2ccc3c(c2)CC3)C1. The molecule has 0 N–H and O–H groups in total. The van der Waals surface area contributed by atoms with Gasteiger partial charge in [0.25, 0.3) is 0 Å². The Balaban J connectivity index is 1.48. The van der Waals surface area contributed by atoms with E-state index in [2.05, 4.69) is 12.1 Å². The van der Waals surface area contributed by atoms with E-state index in [1.165, 1.54) is 17.5 Å². The molecule has 1 aromatic carbocycles. The third-order valence-corrected chi connectivity index (χ3v) is 3.64. The smallest absolute Gasteiger partial charge is 0.410 e. The van der Waals surface area contributed by atoms with Gasteiger partial charge in [-0.1, -0.05) is 6.07 Å². The van der Waals surface area contributed by atoms with Gasteiger partial charge in [-0.25, -0.2) is 4.79 Å². The molecule has 4 heteroatoms. The number of fused-ring (bicyclic) bond motifs is 1. The Bertz CT molecular complexity index is 527. The maximum Gasteiger partial charge on any atom is 0.410 e. The van der Waals surface area contributed by atoms with Crippen LogP contribution in [0.25, 0.3) is 0 Å². The lowest BCUT2D eigenvalue weighted by Crippen LogP contribution is -2.57. The van der Waals surface area contributed by atoms with Gasteiger partial charge in [0.05, 0.1) is 13.1 Å². The zero-order valence-corrected chi connectivity index (χ0v) is 12.3. The van der Waals surface area contributed by atoms with Crippen LogP contribution in [0.1, 0.15) is 31.9 Å². The molecule has 0 atom stereocenters. The fraction of sp³-hybridized carbons (Fsp3) is 0.562. The third-order valence-electron chi connectivity index (χ3n) is 3.64. The number of hydrogen-bond acceptors (Lipinski definition) is 3. The Morgan fingerprint density at radius 2 is 1.90 bits per heavy atom. The molecule has 1 aliphatic carbocycles. The molecule has 1 amide bonds. The van der Waals surface area contributed by atoms with Crippen molar-refractivity contribution in [3.63, 3.8) is 0 Å². The Kier molecular flexibility index (Phi) is 3.11. The summed E-state index contributed by atoms with van der Waals surface area (Å²) in [6.45, 7) is 6.83. The van der Waals surface area contributed by atoms with Crippen LogP contribution in [0.5, 0.6) is 5.75 Å². The van der Waals surface area contributed by atoms with E-state index in [1.807, 2.05) is 26.8 Å². The molecule has 0 bridgehead atoms. The summed E-state index contributed by atoms with van der Waals surface area (Å²) < 4.78 is 11.2. The van der Waals surface area contributed by atoms with Crippen LogP contribution >= 0.6 is 0 Å². The fourth-order valence-electron chi connectivity index (χ4n) is 2.43. The highest BCUT2D eigenvalue weighted by atomic mass is 16.6. The first-order valence-corrected chi connectivity index (χ1v) is 7.17. The molecular weight excluding hydrogens is 254 g/mol. The van der Waals surface area contributed by atoms with E-state index >= 15 is 0 Å². The summed E-state index contributed by atoms with van der Waals surface area (Å²) in [7, 11) is 0. The average Bonchev–Trinajstić information content (AvgIpc) is 2.23. The predicted octanol–water partition coefficient (Wildman–Crippen LogP) is 2.78. The van der Waals surface area contributed by atoms with Gasteiger partial charge in [-0.3, -0.25) is 0 Å². The van der Waals surface area contributed by atoms with Gasteiger partial charge in [0, 0.05) is 0 Å². The zero-order valence-electron chi connectivity index (χ0n) is 12.3. The minimum absolute atomic E-state index is 0.0839. The van der Waals surface area contributed by atoms with Crippen molar-refractivity contribution in [2.75, 3.05) is 13.1 Å². The lowest BCUT2D eigenvalue weighted by atomic mass is 9.89. The molecule has 1 saturated heterocycles. The molecule has 3 rings (SSSR count). The Morgan fingerprint density at radius 1 is 1.20 bits per heavy atom. The summed E-state index contributed by atoms with van der Waals surface area (Å²) in [5, 5.41) is 0. The molecule has 0 unspecified atom stereocenters. The van der Waals surface area contributed by atoms with Crippen molar-refractivity contribution >= 4 is 6.09 Å². The first-order valence-electron chi connectivity index (χ1n) is 7.17. The van der Waals surface area contributed by atoms with Crippen molar-refractivity contribution in [3.05, 3.63) is 29.3 Å². The third kappa shape index (κ3) is 2.74. The molecule has 20 heavy (non-hydrogen) atoms. The highest BCUT2D eigenvalue weighted by Crippen LogP contribution is 2.28. The van der Waals surface area contributed by atoms with Crippen LogP contribution in [0, 0.1) is 0 Å². The quantitative estimate of drug-likeness (QED) is 0.833. The Labute approximate surface area is 119 Å². The summed E-state index contributed by atoms with van der Waals surface area (Å²) >= 11 is 0. The molecule has 0 aromatic heterocycles. The van der Waals surface area contributed by atoms with Crippen LogP contribution in [0.3, 0.4) is 0 Å². The monoisotopic (exact) mass is 275 g/mol. The molecule has 0 spiro atoms. The second-order valence-corrected chi connectivity index (χ2v) is 6.56. The van der Waals surface area contributed by atoms with Gasteiger partial charge in [0.2, 0.25) is 0 Å². The lowest BCUT2D eigenvalue weighted by Gasteiger charge is -2.39. The number of hydrogen-bond donors (Lipinski definition) is 0. The number of benzene rings is 1. The van der Waals surface area contributed by atoms with Crippen LogP contribution < -0.4 is 4.74 Å².